The second kappa shape index (κ2) is 26.5. The minimum absolute atomic E-state index is 0.0191. The van der Waals surface area contributed by atoms with Crippen LogP contribution in [0.5, 0.6) is 17.2 Å². The van der Waals surface area contributed by atoms with E-state index in [1.165, 1.54) is 56.5 Å². The molecule has 3 aromatic carbocycles. The quantitative estimate of drug-likeness (QED) is 0.0269. The highest BCUT2D eigenvalue weighted by Crippen LogP contribution is 2.52. The number of imide groups is 1. The Morgan fingerprint density at radius 2 is 1.57 bits per heavy atom. The molecule has 26 heteroatoms. The number of carbonyl (C=O) groups is 10. The van der Waals surface area contributed by atoms with Crippen LogP contribution in [0.15, 0.2) is 54.6 Å². The van der Waals surface area contributed by atoms with Crippen LogP contribution in [-0.4, -0.2) is 158 Å². The first-order valence-corrected chi connectivity index (χ1v) is 26.7. The molecule has 1 fully saturated rings. The number of anilines is 1. The van der Waals surface area contributed by atoms with Gasteiger partial charge in [0.1, 0.15) is 54.3 Å². The number of ether oxygens (including phenoxy) is 4. The van der Waals surface area contributed by atoms with Gasteiger partial charge >= 0.3 is 12.1 Å². The summed E-state index contributed by atoms with van der Waals surface area (Å²) in [5.41, 5.74) is 1.50. The minimum Gasteiger partial charge on any atom is -0.507 e. The van der Waals surface area contributed by atoms with E-state index in [0.29, 0.717) is 24.8 Å². The Labute approximate surface area is 470 Å². The lowest BCUT2D eigenvalue weighted by Gasteiger charge is -2.42. The van der Waals surface area contributed by atoms with Crippen molar-refractivity contribution in [1.82, 2.24) is 26.2 Å². The molecule has 0 saturated carbocycles. The second-order valence-corrected chi connectivity index (χ2v) is 20.8. The molecule has 7 rings (SSSR count). The van der Waals surface area contributed by atoms with Crippen LogP contribution in [0, 0.1) is 5.92 Å². The maximum absolute atomic E-state index is 14.1. The fraction of sp³-hybridized carbons (Fsp3) is 0.464. The summed E-state index contributed by atoms with van der Waals surface area (Å²) >= 11 is 0. The second-order valence-electron chi connectivity index (χ2n) is 20.8. The number of primary amides is 1. The highest BCUT2D eigenvalue weighted by molar-refractivity contribution is 6.31. The summed E-state index contributed by atoms with van der Waals surface area (Å²) in [6, 6.07) is 6.27. The van der Waals surface area contributed by atoms with Crippen molar-refractivity contribution < 1.29 is 92.4 Å². The maximum atomic E-state index is 14.1. The third-order valence-electron chi connectivity index (χ3n) is 14.7. The zero-order chi connectivity index (χ0) is 59.7. The van der Waals surface area contributed by atoms with Gasteiger partial charge in [-0.1, -0.05) is 44.5 Å². The van der Waals surface area contributed by atoms with Crippen LogP contribution in [-0.2, 0) is 56.0 Å². The van der Waals surface area contributed by atoms with Gasteiger partial charge in [-0.25, -0.2) is 9.59 Å². The first-order valence-electron chi connectivity index (χ1n) is 26.7. The normalized spacial score (nSPS) is 21.6. The molecule has 26 nitrogen and oxygen atoms in total. The summed E-state index contributed by atoms with van der Waals surface area (Å²) < 4.78 is 23.0. The number of aliphatic hydroxyl groups excluding tert-OH is 2. The monoisotopic (exact) mass is 1140 g/mol. The van der Waals surface area contributed by atoms with E-state index >= 15 is 0 Å². The average molecular weight is 1140 g/mol. The van der Waals surface area contributed by atoms with Crippen LogP contribution in [0.3, 0.4) is 0 Å². The molecule has 2 aliphatic heterocycles. The van der Waals surface area contributed by atoms with Gasteiger partial charge in [0.2, 0.25) is 23.5 Å². The molecular weight excluding hydrogens is 1070 g/mol. The third-order valence-corrected chi connectivity index (χ3v) is 14.7. The summed E-state index contributed by atoms with van der Waals surface area (Å²) in [7, 11) is 1.28. The number of phenolic OH excluding ortho intramolecular Hbond substituents is 2. The Hall–Kier alpha value is -8.30. The van der Waals surface area contributed by atoms with Crippen molar-refractivity contribution >= 4 is 64.7 Å². The number of phenols is 2. The number of rotatable bonds is 24. The van der Waals surface area contributed by atoms with Crippen molar-refractivity contribution in [1.29, 1.82) is 0 Å². The van der Waals surface area contributed by atoms with Gasteiger partial charge in [-0.15, -0.1) is 0 Å². The van der Waals surface area contributed by atoms with E-state index < -0.39 is 144 Å². The van der Waals surface area contributed by atoms with Crippen LogP contribution in [0.4, 0.5) is 15.3 Å². The molecule has 2 aliphatic carbocycles. The number of unbranched alkanes of at least 4 members (excludes halogenated alkanes) is 2. The lowest BCUT2D eigenvalue weighted by atomic mass is 9.72. The van der Waals surface area contributed by atoms with E-state index in [-0.39, 0.29) is 90.9 Å². The number of methoxy groups -OCH3 is 1. The first kappa shape index (κ1) is 61.3. The van der Waals surface area contributed by atoms with Crippen molar-refractivity contribution in [2.75, 3.05) is 32.1 Å². The van der Waals surface area contributed by atoms with Crippen molar-refractivity contribution in [3.05, 3.63) is 93.6 Å². The molecule has 0 aromatic heterocycles. The number of nitrogens with two attached hydrogens (primary N) is 1. The van der Waals surface area contributed by atoms with Crippen LogP contribution in [0.1, 0.15) is 127 Å². The van der Waals surface area contributed by atoms with Gasteiger partial charge in [0, 0.05) is 73.3 Å². The average Bonchev–Trinajstić information content (AvgIpc) is 1.70. The number of Topliss-reactive ketones (excluding diaryl/α,β-unsaturated/α-hetero) is 1. The molecule has 82 heavy (non-hydrogen) atoms. The van der Waals surface area contributed by atoms with Gasteiger partial charge in [-0.2, -0.15) is 0 Å². The Kier molecular flexibility index (Phi) is 19.8. The number of hydrogen-bond donors (Lipinski definition) is 11. The van der Waals surface area contributed by atoms with E-state index in [1.54, 1.807) is 26.0 Å². The number of aliphatic hydroxyl groups is 3. The van der Waals surface area contributed by atoms with Gasteiger partial charge in [0.15, 0.2) is 17.9 Å². The number of aromatic hydroxyl groups is 2. The molecule has 1 saturated heterocycles. The SMILES string of the molecule is COc1cccc2c1C(=O)c1c(O)c3c(c(O)c1C2=O)C[C@@](O)(C(=O)CO)C[C@@H]3O[C@H]1C[C@H](NC(=O)OCc2ccc(NC(=O)[C@H](CCCNC(N)=O)NC(=O)C(NC(=O)CCCCCN3C(=O)C=CC3=O)C(C)C)cc2)[C@H](O)[C@H](C)O1. The van der Waals surface area contributed by atoms with E-state index in [0.717, 1.165) is 4.90 Å². The molecule has 3 aromatic rings. The fourth-order valence-corrected chi connectivity index (χ4v) is 10.3. The smallest absolute Gasteiger partial charge is 0.407 e. The number of alkyl carbamates (subject to hydrolysis) is 1. The number of fused-ring (bicyclic) bond motifs is 3. The molecule has 0 bridgehead atoms. The zero-order valence-electron chi connectivity index (χ0n) is 45.5. The van der Waals surface area contributed by atoms with Gasteiger partial charge in [-0.05, 0) is 62.3 Å². The Balaban J connectivity index is 0.959. The van der Waals surface area contributed by atoms with E-state index in [9.17, 15) is 73.5 Å². The summed E-state index contributed by atoms with van der Waals surface area (Å²) in [5.74, 6) is -7.22. The molecule has 12 N–H and O–H groups in total. The Bertz CT molecular complexity index is 3020. The third kappa shape index (κ3) is 13.9. The molecule has 4 aliphatic rings. The summed E-state index contributed by atoms with van der Waals surface area (Å²) in [6.45, 7) is 3.78. The van der Waals surface area contributed by atoms with E-state index in [4.69, 9.17) is 24.7 Å². The molecule has 0 radical (unpaired) electrons. The molecule has 8 amide bonds. The van der Waals surface area contributed by atoms with E-state index in [2.05, 4.69) is 26.6 Å². The Morgan fingerprint density at radius 1 is 0.878 bits per heavy atom. The number of hydrogen-bond acceptors (Lipinski definition) is 19. The Morgan fingerprint density at radius 3 is 2.23 bits per heavy atom. The number of benzene rings is 3. The molecule has 8 atom stereocenters. The molecular formula is C56H67N7O19. The topological polar surface area (TPSA) is 398 Å². The summed E-state index contributed by atoms with van der Waals surface area (Å²) in [4.78, 5) is 131. The van der Waals surface area contributed by atoms with Crippen LogP contribution >= 0.6 is 0 Å². The number of ketones is 3. The standard InChI is InChI=1S/C56H67N7O19/c1-27(2)46(62-38(66)13-6-5-7-21-63-39(67)18-19-40(63)68)53(75)60-33(11-9-20-58-54(57)76)52(74)59-30-16-14-29(15-17-30)26-80-55(77)61-34-22-41(81-28(3)47(34)69)82-36-24-56(78,37(65)25-64)23-32-43(36)51(73)45-44(49(32)71)48(70)31-10-8-12-35(79-4)42(31)50(45)72/h8,10,12,14-19,27-28,33-34,36,41,46-47,64,69,71,73,78H,5-7,9,11,13,20-26H2,1-4H3,(H,59,74)(H,60,75)(H,61,77)(H,62,66)(H3,57,58,76)/t28-,33-,34-,36-,41-,46?,47+,56-/m0/s1. The van der Waals surface area contributed by atoms with Gasteiger partial charge in [-0.3, -0.25) is 43.3 Å². The lowest BCUT2D eigenvalue weighted by Crippen LogP contribution is -2.56. The molecule has 1 unspecified atom stereocenters. The fourth-order valence-electron chi connectivity index (χ4n) is 10.3. The van der Waals surface area contributed by atoms with Crippen molar-refractivity contribution in [2.45, 2.75) is 133 Å². The van der Waals surface area contributed by atoms with Gasteiger partial charge in [0.05, 0.1) is 42.0 Å². The molecule has 2 heterocycles. The predicted octanol–water partition coefficient (Wildman–Crippen LogP) is 1.47. The summed E-state index contributed by atoms with van der Waals surface area (Å²) in [5, 5.41) is 69.4. The molecule has 440 valence electrons. The first-order chi connectivity index (χ1) is 39.0. The van der Waals surface area contributed by atoms with Crippen molar-refractivity contribution in [3.63, 3.8) is 0 Å². The number of urea groups is 1. The number of nitrogens with one attached hydrogen (secondary N) is 5. The largest absolute Gasteiger partial charge is 0.507 e. The highest BCUT2D eigenvalue weighted by Gasteiger charge is 2.50. The van der Waals surface area contributed by atoms with Crippen molar-refractivity contribution in [3.8, 4) is 17.2 Å². The van der Waals surface area contributed by atoms with Gasteiger partial charge < -0.3 is 76.8 Å². The lowest BCUT2D eigenvalue weighted by molar-refractivity contribution is -0.249. The predicted molar refractivity (Wildman–Crippen MR) is 286 cm³/mol. The molecule has 0 spiro atoms. The van der Waals surface area contributed by atoms with Crippen LogP contribution < -0.4 is 37.1 Å². The van der Waals surface area contributed by atoms with E-state index in [1.807, 2.05) is 0 Å². The van der Waals surface area contributed by atoms with Gasteiger partial charge in [0.25, 0.3) is 11.8 Å². The minimum atomic E-state index is -2.42. The number of amides is 8. The van der Waals surface area contributed by atoms with Crippen molar-refractivity contribution in [2.24, 2.45) is 11.7 Å². The summed E-state index contributed by atoms with van der Waals surface area (Å²) in [6.07, 6.45) is -3.74. The maximum Gasteiger partial charge on any atom is 0.407 e. The number of nitrogens with zero attached hydrogens (tertiary/aromatic N) is 1. The number of carbonyl (C=O) groups excluding carboxylic acids is 10. The highest BCUT2D eigenvalue weighted by atomic mass is 16.7. The van der Waals surface area contributed by atoms with Crippen LogP contribution in [0.2, 0.25) is 0 Å². The zero-order valence-corrected chi connectivity index (χ0v) is 45.5. The van der Waals surface area contributed by atoms with Crippen LogP contribution in [0.25, 0.3) is 0 Å².